The van der Waals surface area contributed by atoms with Gasteiger partial charge in [-0.05, 0) is 25.5 Å². The van der Waals surface area contributed by atoms with Gasteiger partial charge in [-0.3, -0.25) is 9.59 Å². The third kappa shape index (κ3) is 2.30. The third-order valence-electron chi connectivity index (χ3n) is 3.52. The van der Waals surface area contributed by atoms with E-state index in [1.54, 1.807) is 6.92 Å². The first kappa shape index (κ1) is 13.5. The van der Waals surface area contributed by atoms with E-state index in [0.717, 1.165) is 6.07 Å². The van der Waals surface area contributed by atoms with E-state index < -0.39 is 35.5 Å². The number of amides is 1. The molecule has 0 bridgehead atoms. The van der Waals surface area contributed by atoms with Crippen molar-refractivity contribution in [3.8, 4) is 0 Å². The number of carbonyl (C=O) groups excluding carboxylic acids is 1. The van der Waals surface area contributed by atoms with Gasteiger partial charge in [0.1, 0.15) is 0 Å². The number of halogens is 2. The summed E-state index contributed by atoms with van der Waals surface area (Å²) < 4.78 is 26.6. The van der Waals surface area contributed by atoms with Crippen molar-refractivity contribution in [2.75, 3.05) is 6.54 Å². The molecule has 0 aliphatic carbocycles. The summed E-state index contributed by atoms with van der Waals surface area (Å²) >= 11 is 0. The van der Waals surface area contributed by atoms with E-state index in [9.17, 15) is 18.4 Å². The molecule has 102 valence electrons. The van der Waals surface area contributed by atoms with Gasteiger partial charge in [-0.25, -0.2) is 8.78 Å². The van der Waals surface area contributed by atoms with Crippen LogP contribution in [0.15, 0.2) is 18.2 Å². The molecule has 1 saturated heterocycles. The van der Waals surface area contributed by atoms with Gasteiger partial charge in [0, 0.05) is 12.6 Å². The Hall–Kier alpha value is -1.98. The summed E-state index contributed by atoms with van der Waals surface area (Å²) in [7, 11) is 0. The van der Waals surface area contributed by atoms with Crippen molar-refractivity contribution in [1.82, 2.24) is 4.90 Å². The Morgan fingerprint density at radius 1 is 1.37 bits per heavy atom. The van der Waals surface area contributed by atoms with Crippen LogP contribution >= 0.6 is 0 Å². The van der Waals surface area contributed by atoms with Gasteiger partial charge in [-0.1, -0.05) is 6.07 Å². The zero-order chi connectivity index (χ0) is 14.2. The van der Waals surface area contributed by atoms with Crippen molar-refractivity contribution in [1.29, 1.82) is 0 Å². The second kappa shape index (κ2) is 4.95. The van der Waals surface area contributed by atoms with Crippen LogP contribution in [0.5, 0.6) is 0 Å². The van der Waals surface area contributed by atoms with Crippen LogP contribution in [-0.4, -0.2) is 34.5 Å². The topological polar surface area (TPSA) is 57.6 Å². The number of carbonyl (C=O) groups is 2. The minimum Gasteiger partial charge on any atom is -0.481 e. The Kier molecular flexibility index (Phi) is 3.50. The summed E-state index contributed by atoms with van der Waals surface area (Å²) in [6.07, 6.45) is 0.319. The van der Waals surface area contributed by atoms with E-state index in [1.165, 1.54) is 17.0 Å². The van der Waals surface area contributed by atoms with Crippen LogP contribution in [-0.2, 0) is 4.79 Å². The quantitative estimate of drug-likeness (QED) is 0.892. The van der Waals surface area contributed by atoms with Gasteiger partial charge in [-0.15, -0.1) is 0 Å². The van der Waals surface area contributed by atoms with E-state index in [1.807, 2.05) is 0 Å². The number of benzene rings is 1. The van der Waals surface area contributed by atoms with Crippen LogP contribution < -0.4 is 0 Å². The summed E-state index contributed by atoms with van der Waals surface area (Å²) in [6.45, 7) is 1.83. The van der Waals surface area contributed by atoms with E-state index >= 15 is 0 Å². The van der Waals surface area contributed by atoms with Gasteiger partial charge in [0.05, 0.1) is 11.5 Å². The Balaban J connectivity index is 2.26. The number of aliphatic carboxylic acids is 1. The first-order chi connectivity index (χ1) is 8.93. The summed E-state index contributed by atoms with van der Waals surface area (Å²) in [5.74, 6) is -4.61. The van der Waals surface area contributed by atoms with Crippen LogP contribution in [0.1, 0.15) is 23.7 Å². The number of rotatable bonds is 2. The van der Waals surface area contributed by atoms with Crippen LogP contribution in [0.3, 0.4) is 0 Å². The van der Waals surface area contributed by atoms with Gasteiger partial charge in [0.2, 0.25) is 0 Å². The molecule has 1 N–H and O–H groups in total. The van der Waals surface area contributed by atoms with Crippen molar-refractivity contribution in [3.63, 3.8) is 0 Å². The highest BCUT2D eigenvalue weighted by Crippen LogP contribution is 2.27. The maximum Gasteiger partial charge on any atom is 0.308 e. The molecule has 2 unspecified atom stereocenters. The van der Waals surface area contributed by atoms with Crippen molar-refractivity contribution in [3.05, 3.63) is 35.4 Å². The largest absolute Gasteiger partial charge is 0.481 e. The normalized spacial score (nSPS) is 22.6. The molecular formula is C13H13F2NO3. The average Bonchev–Trinajstić information content (AvgIpc) is 2.74. The Morgan fingerprint density at radius 2 is 2.05 bits per heavy atom. The van der Waals surface area contributed by atoms with E-state index in [0.29, 0.717) is 6.42 Å². The predicted molar refractivity (Wildman–Crippen MR) is 62.6 cm³/mol. The molecule has 2 rings (SSSR count). The molecule has 0 spiro atoms. The number of carboxylic acids is 1. The van der Waals surface area contributed by atoms with E-state index in [2.05, 4.69) is 0 Å². The van der Waals surface area contributed by atoms with Crippen molar-refractivity contribution in [2.24, 2.45) is 5.92 Å². The Bertz CT molecular complexity index is 533. The molecule has 4 nitrogen and oxygen atoms in total. The Morgan fingerprint density at radius 3 is 2.63 bits per heavy atom. The molecule has 1 fully saturated rings. The number of likely N-dealkylation sites (tertiary alicyclic amines) is 1. The fraction of sp³-hybridized carbons (Fsp3) is 0.385. The highest BCUT2D eigenvalue weighted by Gasteiger charge is 2.39. The Labute approximate surface area is 108 Å². The predicted octanol–water partition coefficient (Wildman–Crippen LogP) is 1.90. The monoisotopic (exact) mass is 269 g/mol. The van der Waals surface area contributed by atoms with Gasteiger partial charge in [0.15, 0.2) is 11.6 Å². The first-order valence-electron chi connectivity index (χ1n) is 5.91. The van der Waals surface area contributed by atoms with Gasteiger partial charge < -0.3 is 10.0 Å². The molecule has 1 aromatic rings. The lowest BCUT2D eigenvalue weighted by atomic mass is 10.0. The average molecular weight is 269 g/mol. The first-order valence-corrected chi connectivity index (χ1v) is 5.91. The second-order valence-electron chi connectivity index (χ2n) is 4.57. The fourth-order valence-corrected chi connectivity index (χ4v) is 2.38. The van der Waals surface area contributed by atoms with Crippen molar-refractivity contribution >= 4 is 11.9 Å². The number of hydrogen-bond donors (Lipinski definition) is 1. The molecule has 1 heterocycles. The van der Waals surface area contributed by atoms with E-state index in [-0.39, 0.29) is 12.1 Å². The van der Waals surface area contributed by atoms with Crippen molar-refractivity contribution < 1.29 is 23.5 Å². The molecule has 1 aliphatic heterocycles. The van der Waals surface area contributed by atoms with E-state index in [4.69, 9.17) is 5.11 Å². The van der Waals surface area contributed by atoms with Crippen LogP contribution in [0.2, 0.25) is 0 Å². The van der Waals surface area contributed by atoms with Gasteiger partial charge in [-0.2, -0.15) is 0 Å². The van der Waals surface area contributed by atoms with Crippen LogP contribution in [0.4, 0.5) is 8.78 Å². The molecule has 1 aliphatic rings. The molecule has 1 amide bonds. The minimum absolute atomic E-state index is 0.229. The second-order valence-corrected chi connectivity index (χ2v) is 4.57. The summed E-state index contributed by atoms with van der Waals surface area (Å²) in [5, 5.41) is 8.98. The zero-order valence-electron chi connectivity index (χ0n) is 10.3. The lowest BCUT2D eigenvalue weighted by Crippen LogP contribution is -2.38. The van der Waals surface area contributed by atoms with Crippen molar-refractivity contribution in [2.45, 2.75) is 19.4 Å². The van der Waals surface area contributed by atoms with Crippen LogP contribution in [0.25, 0.3) is 0 Å². The van der Waals surface area contributed by atoms with Gasteiger partial charge in [0.25, 0.3) is 5.91 Å². The maximum absolute atomic E-state index is 13.5. The highest BCUT2D eigenvalue weighted by molar-refractivity contribution is 5.95. The standard InChI is InChI=1S/C13H13F2NO3/c1-7-8(13(18)19)5-6-16(7)12(17)9-3-2-4-10(14)11(9)15/h2-4,7-8H,5-6H2,1H3,(H,18,19). The SMILES string of the molecule is CC1C(C(=O)O)CCN1C(=O)c1cccc(F)c1F. The fourth-order valence-electron chi connectivity index (χ4n) is 2.38. The molecule has 0 saturated carbocycles. The molecule has 6 heteroatoms. The lowest BCUT2D eigenvalue weighted by Gasteiger charge is -2.23. The molecule has 0 aromatic heterocycles. The zero-order valence-corrected chi connectivity index (χ0v) is 10.3. The number of carboxylic acid groups (broad SMARTS) is 1. The summed E-state index contributed by atoms with van der Waals surface area (Å²) in [4.78, 5) is 24.4. The summed E-state index contributed by atoms with van der Waals surface area (Å²) in [6, 6.07) is 2.84. The molecule has 0 radical (unpaired) electrons. The molecule has 1 aromatic carbocycles. The third-order valence-corrected chi connectivity index (χ3v) is 3.52. The van der Waals surface area contributed by atoms with Gasteiger partial charge >= 0.3 is 5.97 Å². The number of hydrogen-bond acceptors (Lipinski definition) is 2. The molecule has 2 atom stereocenters. The maximum atomic E-state index is 13.5. The lowest BCUT2D eigenvalue weighted by molar-refractivity contribution is -0.142. The molecular weight excluding hydrogens is 256 g/mol. The molecule has 19 heavy (non-hydrogen) atoms. The highest BCUT2D eigenvalue weighted by atomic mass is 19.2. The smallest absolute Gasteiger partial charge is 0.308 e. The minimum atomic E-state index is -1.20. The van der Waals surface area contributed by atoms with Crippen LogP contribution in [0, 0.1) is 17.6 Å². The number of nitrogens with zero attached hydrogens (tertiary/aromatic N) is 1. The summed E-state index contributed by atoms with van der Waals surface area (Å²) in [5.41, 5.74) is -0.363.